The first-order valence-electron chi connectivity index (χ1n) is 24.6. The van der Waals surface area contributed by atoms with Gasteiger partial charge in [-0.2, -0.15) is 0 Å². The molecule has 2 fully saturated rings. The quantitative estimate of drug-likeness (QED) is 0.0317. The van der Waals surface area contributed by atoms with Crippen LogP contribution in [-0.2, 0) is 27.5 Å². The summed E-state index contributed by atoms with van der Waals surface area (Å²) >= 11 is 0. The summed E-state index contributed by atoms with van der Waals surface area (Å²) in [4.78, 5) is 34.5. The van der Waals surface area contributed by atoms with Gasteiger partial charge in [0.05, 0.1) is 23.2 Å². The third-order valence-electron chi connectivity index (χ3n) is 14.7. The molecule has 6 unspecified atom stereocenters. The molecule has 1 aliphatic heterocycles. The maximum absolute atomic E-state index is 15.2. The molecule has 2 saturated carbocycles. The van der Waals surface area contributed by atoms with Gasteiger partial charge >= 0.3 is 0 Å². The molecule has 1 heterocycles. The third-order valence-corrected chi connectivity index (χ3v) is 14.7. The number of aryl methyl sites for hydroxylation is 2. The average Bonchev–Trinajstić information content (AvgIpc) is 4.21. The summed E-state index contributed by atoms with van der Waals surface area (Å²) < 4.78 is 21.5. The molecule has 5 aromatic carbocycles. The number of non-ortho nitro benzene ring substituents is 1. The maximum atomic E-state index is 15.2. The minimum atomic E-state index is -1.42. The molecule has 12 heteroatoms. The number of nitro groups is 1. The number of carbonyl (C=O) groups is 1. The summed E-state index contributed by atoms with van der Waals surface area (Å²) in [5.74, 6) is -0.163. The van der Waals surface area contributed by atoms with E-state index in [1.807, 2.05) is 47.4 Å². The zero-order valence-electron chi connectivity index (χ0n) is 39.6. The van der Waals surface area contributed by atoms with Gasteiger partial charge in [0.1, 0.15) is 29.9 Å². The summed E-state index contributed by atoms with van der Waals surface area (Å²) in [6.07, 6.45) is 10.4. The molecular weight excluding hydrogens is 871 g/mol. The first-order valence-corrected chi connectivity index (χ1v) is 24.6. The highest BCUT2D eigenvalue weighted by atomic mass is 16.7. The summed E-state index contributed by atoms with van der Waals surface area (Å²) in [6.45, 7) is 8.93. The zero-order chi connectivity index (χ0) is 48.1. The number of benzene rings is 5. The Labute approximate surface area is 404 Å². The number of nitrogens with zero attached hydrogens (tertiary/aromatic N) is 3. The van der Waals surface area contributed by atoms with E-state index in [4.69, 9.17) is 24.2 Å². The van der Waals surface area contributed by atoms with Gasteiger partial charge in [-0.25, -0.2) is 0 Å². The highest BCUT2D eigenvalue weighted by Crippen LogP contribution is 2.62. The van der Waals surface area contributed by atoms with E-state index < -0.39 is 22.7 Å². The Morgan fingerprint density at radius 2 is 1.65 bits per heavy atom. The Hall–Kier alpha value is -6.34. The van der Waals surface area contributed by atoms with Gasteiger partial charge < -0.3 is 34.2 Å². The lowest BCUT2D eigenvalue weighted by atomic mass is 9.55. The number of oxime groups is 1. The van der Waals surface area contributed by atoms with Crippen molar-refractivity contribution in [3.05, 3.63) is 165 Å². The molecule has 12 nitrogen and oxygen atoms in total. The summed E-state index contributed by atoms with van der Waals surface area (Å²) in [5, 5.41) is 38.7. The number of allylic oxidation sites excluding steroid dienone is 1. The Kier molecular flexibility index (Phi) is 14.6. The van der Waals surface area contributed by atoms with Gasteiger partial charge in [-0.3, -0.25) is 14.9 Å². The number of carbonyl (C=O) groups excluding carboxylic acids is 1. The summed E-state index contributed by atoms with van der Waals surface area (Å²) in [5.41, 5.74) is 6.57. The van der Waals surface area contributed by atoms with Crippen LogP contribution in [0.4, 0.5) is 5.69 Å². The molecule has 360 valence electrons. The van der Waals surface area contributed by atoms with Crippen molar-refractivity contribution >= 4 is 28.1 Å². The first kappa shape index (κ1) is 47.7. The predicted molar refractivity (Wildman–Crippen MR) is 266 cm³/mol. The molecule has 0 bridgehead atoms. The number of unbranched alkanes of at least 4 members (excludes halogenated alkanes) is 2. The molecular formula is C57H63N3O9. The molecule has 9 rings (SSSR count). The number of aliphatic hydroxyl groups is 2. The second-order valence-corrected chi connectivity index (χ2v) is 19.2. The van der Waals surface area contributed by atoms with Gasteiger partial charge in [0, 0.05) is 55.7 Å². The van der Waals surface area contributed by atoms with Gasteiger partial charge in [-0.15, -0.1) is 6.58 Å². The highest BCUT2D eigenvalue weighted by molar-refractivity contribution is 6.03. The fourth-order valence-electron chi connectivity index (χ4n) is 11.0. The van der Waals surface area contributed by atoms with Crippen molar-refractivity contribution in [2.75, 3.05) is 19.8 Å². The van der Waals surface area contributed by atoms with Crippen molar-refractivity contribution in [1.29, 1.82) is 0 Å². The number of amides is 1. The molecule has 3 aliphatic carbocycles. The molecule has 0 saturated heterocycles. The zero-order valence-corrected chi connectivity index (χ0v) is 39.6. The average molecular weight is 934 g/mol. The van der Waals surface area contributed by atoms with Crippen LogP contribution in [0.2, 0.25) is 0 Å². The number of hydrogen-bond acceptors (Lipinski definition) is 10. The van der Waals surface area contributed by atoms with E-state index in [2.05, 4.69) is 62.9 Å². The lowest BCUT2D eigenvalue weighted by Gasteiger charge is -2.60. The van der Waals surface area contributed by atoms with Crippen molar-refractivity contribution in [2.24, 2.45) is 28.8 Å². The third kappa shape index (κ3) is 10.1. The second kappa shape index (κ2) is 21.1. The van der Waals surface area contributed by atoms with Gasteiger partial charge in [-0.05, 0) is 145 Å². The normalized spacial score (nSPS) is 23.0. The van der Waals surface area contributed by atoms with Crippen LogP contribution in [-0.4, -0.2) is 63.3 Å². The van der Waals surface area contributed by atoms with Crippen LogP contribution in [0.1, 0.15) is 91.5 Å². The minimum Gasteiger partial charge on any atom is -0.459 e. The van der Waals surface area contributed by atoms with E-state index in [-0.39, 0.29) is 68.1 Å². The molecule has 0 aromatic heterocycles. The number of hydrogen-bond donors (Lipinski definition) is 2. The van der Waals surface area contributed by atoms with E-state index in [1.165, 1.54) is 17.7 Å². The molecule has 0 radical (unpaired) electrons. The van der Waals surface area contributed by atoms with Gasteiger partial charge in [0.15, 0.2) is 0 Å². The van der Waals surface area contributed by atoms with Crippen molar-refractivity contribution in [3.63, 3.8) is 0 Å². The lowest BCUT2D eigenvalue weighted by molar-refractivity contribution is -0.384. The summed E-state index contributed by atoms with van der Waals surface area (Å²) in [7, 11) is 0. The number of fused-ring (bicyclic) bond motifs is 3. The number of nitro benzene ring substituents is 1. The van der Waals surface area contributed by atoms with E-state index in [9.17, 15) is 20.3 Å². The number of rotatable bonds is 21. The SMILES string of the molecule is C=CCOC12Oc3ccc(Oc4ccc(C)c(C)c4)cc3C3C(CCCCO)C(CCCCO)C=C(C(=NOCc4ccc([N+](=O)[O-])cc4)CC1N(Cc1cccc4ccccc14)C(=O)C1CC1)C32. The van der Waals surface area contributed by atoms with Gasteiger partial charge in [0.2, 0.25) is 11.7 Å². The molecule has 5 aromatic rings. The maximum Gasteiger partial charge on any atom is 0.269 e. The van der Waals surface area contributed by atoms with E-state index in [0.717, 1.165) is 82.9 Å². The minimum absolute atomic E-state index is 0.0121. The van der Waals surface area contributed by atoms with Gasteiger partial charge in [-0.1, -0.05) is 78.7 Å². The van der Waals surface area contributed by atoms with Crippen molar-refractivity contribution in [1.82, 2.24) is 4.90 Å². The Balaban J connectivity index is 1.24. The molecule has 69 heavy (non-hydrogen) atoms. The largest absolute Gasteiger partial charge is 0.459 e. The van der Waals surface area contributed by atoms with Crippen LogP contribution in [0.15, 0.2) is 133 Å². The van der Waals surface area contributed by atoms with Crippen molar-refractivity contribution in [2.45, 2.75) is 103 Å². The Morgan fingerprint density at radius 1 is 0.913 bits per heavy atom. The molecule has 0 spiro atoms. The topological polar surface area (TPSA) is 153 Å². The smallest absolute Gasteiger partial charge is 0.269 e. The molecule has 4 aliphatic rings. The highest BCUT2D eigenvalue weighted by Gasteiger charge is 2.66. The monoisotopic (exact) mass is 933 g/mol. The fourth-order valence-corrected chi connectivity index (χ4v) is 11.0. The van der Waals surface area contributed by atoms with Crippen molar-refractivity contribution in [3.8, 4) is 17.2 Å². The molecule has 1 amide bonds. The van der Waals surface area contributed by atoms with Crippen LogP contribution in [0.25, 0.3) is 10.8 Å². The second-order valence-electron chi connectivity index (χ2n) is 19.2. The van der Waals surface area contributed by atoms with Crippen LogP contribution in [0.3, 0.4) is 0 Å². The Morgan fingerprint density at radius 3 is 2.39 bits per heavy atom. The molecule has 2 N–H and O–H groups in total. The molecule has 6 atom stereocenters. The number of ether oxygens (including phenoxy) is 3. The van der Waals surface area contributed by atoms with Crippen molar-refractivity contribution < 1.29 is 39.0 Å². The van der Waals surface area contributed by atoms with Crippen LogP contribution in [0.5, 0.6) is 17.2 Å². The van der Waals surface area contributed by atoms with Crippen LogP contribution in [0, 0.1) is 47.6 Å². The van der Waals surface area contributed by atoms with Crippen LogP contribution < -0.4 is 9.47 Å². The van der Waals surface area contributed by atoms with E-state index >= 15 is 4.79 Å². The lowest BCUT2D eigenvalue weighted by Crippen LogP contribution is -2.70. The van der Waals surface area contributed by atoms with E-state index in [1.54, 1.807) is 18.2 Å². The first-order chi connectivity index (χ1) is 33.6. The standard InChI is InChI=1S/C57H63N3O9/c1-4-30-66-57-53(59(56(63)41-21-22-41)35-43-15-11-14-40-12-5-6-16-47(40)43)34-51(58-67-36-39-19-23-44(24-20-39)60(64)65)49-32-42(13-7-9-28-61)48(17-8-10-29-62)54(55(49)57)50-33-46(26-27-52(50)69-57)68-45-25-18-37(2)38(3)31-45/h4-6,11-12,14-16,18-20,23-27,31-33,41-42,48,53-55,61-62H,1,7-10,13,17,21-22,28-30,34-36H2,2-3H3. The van der Waals surface area contributed by atoms with E-state index in [0.29, 0.717) is 36.6 Å². The predicted octanol–water partition coefficient (Wildman–Crippen LogP) is 11.4. The Bertz CT molecular complexity index is 2720. The number of aliphatic hydroxyl groups excluding tert-OH is 2. The fraction of sp³-hybridized carbons (Fsp3) is 0.404. The van der Waals surface area contributed by atoms with Gasteiger partial charge in [0.25, 0.3) is 5.69 Å². The van der Waals surface area contributed by atoms with Crippen LogP contribution >= 0.6 is 0 Å². The summed E-state index contributed by atoms with van der Waals surface area (Å²) in [6, 6.07) is 32.1.